The molecule has 118 valence electrons. The molecule has 0 aromatic carbocycles. The Balaban J connectivity index is 1.68. The second-order valence-electron chi connectivity index (χ2n) is 5.77. The Morgan fingerprint density at radius 2 is 2.23 bits per heavy atom. The summed E-state index contributed by atoms with van der Waals surface area (Å²) in [7, 11) is 4.01. The van der Waals surface area contributed by atoms with E-state index in [0.29, 0.717) is 0 Å². The van der Waals surface area contributed by atoms with Crippen molar-refractivity contribution >= 4 is 17.2 Å². The molecule has 5 nitrogen and oxygen atoms in total. The first-order valence-electron chi connectivity index (χ1n) is 7.51. The molecular weight excluding hydrogens is 296 g/mol. The number of aromatic nitrogens is 2. The Kier molecular flexibility index (Phi) is 4.71. The smallest absolute Gasteiger partial charge is 0.128 e. The van der Waals surface area contributed by atoms with Gasteiger partial charge in [0.05, 0.1) is 23.0 Å². The van der Waals surface area contributed by atoms with Crippen molar-refractivity contribution in [1.82, 2.24) is 14.9 Å². The van der Waals surface area contributed by atoms with Gasteiger partial charge in [-0.25, -0.2) is 9.97 Å². The summed E-state index contributed by atoms with van der Waals surface area (Å²) in [6.07, 6.45) is 0.0355. The largest absolute Gasteiger partial charge is 0.369 e. The number of ether oxygens (including phenoxy) is 1. The molecule has 1 fully saturated rings. The van der Waals surface area contributed by atoms with E-state index in [1.54, 1.807) is 11.3 Å². The Morgan fingerprint density at radius 3 is 2.95 bits per heavy atom. The highest BCUT2D eigenvalue weighted by Gasteiger charge is 2.23. The molecule has 1 unspecified atom stereocenters. The van der Waals surface area contributed by atoms with Crippen molar-refractivity contribution in [2.45, 2.75) is 19.6 Å². The lowest BCUT2D eigenvalue weighted by molar-refractivity contribution is -0.0352. The molecule has 0 N–H and O–H groups in total. The monoisotopic (exact) mass is 318 g/mol. The summed E-state index contributed by atoms with van der Waals surface area (Å²) in [5.41, 5.74) is 2.16. The fraction of sp³-hybridized carbons (Fsp3) is 0.500. The topological polar surface area (TPSA) is 41.5 Å². The zero-order chi connectivity index (χ0) is 15.5. The van der Waals surface area contributed by atoms with Crippen LogP contribution in [0.3, 0.4) is 0 Å². The van der Waals surface area contributed by atoms with E-state index < -0.39 is 0 Å². The number of thiazole rings is 1. The van der Waals surface area contributed by atoms with Crippen molar-refractivity contribution in [3.05, 3.63) is 40.0 Å². The summed E-state index contributed by atoms with van der Waals surface area (Å²) in [6, 6.07) is 6.11. The second kappa shape index (κ2) is 6.73. The maximum atomic E-state index is 5.93. The van der Waals surface area contributed by atoms with Gasteiger partial charge in [0, 0.05) is 39.1 Å². The van der Waals surface area contributed by atoms with Crippen molar-refractivity contribution < 1.29 is 4.74 Å². The van der Waals surface area contributed by atoms with Crippen molar-refractivity contribution in [3.8, 4) is 0 Å². The minimum atomic E-state index is 0.0355. The van der Waals surface area contributed by atoms with Crippen LogP contribution in [0.4, 0.5) is 5.82 Å². The molecule has 2 aromatic rings. The Hall–Kier alpha value is -1.50. The number of nitrogens with zero attached hydrogens (tertiary/aromatic N) is 4. The Morgan fingerprint density at radius 1 is 1.36 bits per heavy atom. The van der Waals surface area contributed by atoms with Crippen LogP contribution in [0, 0.1) is 6.92 Å². The van der Waals surface area contributed by atoms with Crippen LogP contribution < -0.4 is 4.90 Å². The quantitative estimate of drug-likeness (QED) is 0.866. The molecule has 0 aliphatic carbocycles. The number of anilines is 1. The van der Waals surface area contributed by atoms with Gasteiger partial charge in [-0.1, -0.05) is 6.07 Å². The van der Waals surface area contributed by atoms with Crippen molar-refractivity contribution in [2.75, 3.05) is 38.7 Å². The molecular formula is C16H22N4OS. The normalized spacial score (nSPS) is 19.3. The number of aryl methyl sites for hydroxylation is 1. The summed E-state index contributed by atoms with van der Waals surface area (Å²) in [6.45, 7) is 5.48. The summed E-state index contributed by atoms with van der Waals surface area (Å²) in [5, 5.41) is 3.27. The summed E-state index contributed by atoms with van der Waals surface area (Å²) in [5.74, 6) is 0.966. The third kappa shape index (κ3) is 3.63. The van der Waals surface area contributed by atoms with Crippen LogP contribution in [0.15, 0.2) is 23.6 Å². The lowest BCUT2D eigenvalue weighted by Crippen LogP contribution is -2.38. The van der Waals surface area contributed by atoms with Crippen LogP contribution in [0.2, 0.25) is 0 Å². The summed E-state index contributed by atoms with van der Waals surface area (Å²) < 4.78 is 5.93. The molecule has 0 spiro atoms. The molecule has 0 saturated carbocycles. The van der Waals surface area contributed by atoms with Gasteiger partial charge in [0.1, 0.15) is 11.9 Å². The van der Waals surface area contributed by atoms with Crippen LogP contribution in [0.1, 0.15) is 22.5 Å². The predicted octanol–water partition coefficient (Wildman–Crippen LogP) is 2.49. The molecule has 1 atom stereocenters. The van der Waals surface area contributed by atoms with Crippen LogP contribution in [0.5, 0.6) is 0 Å². The van der Waals surface area contributed by atoms with Gasteiger partial charge in [0.15, 0.2) is 0 Å². The molecule has 3 heterocycles. The van der Waals surface area contributed by atoms with E-state index in [0.717, 1.165) is 48.5 Å². The lowest BCUT2D eigenvalue weighted by Gasteiger charge is -2.32. The lowest BCUT2D eigenvalue weighted by atomic mass is 10.2. The van der Waals surface area contributed by atoms with Gasteiger partial charge in [-0.15, -0.1) is 11.3 Å². The maximum Gasteiger partial charge on any atom is 0.128 e. The van der Waals surface area contributed by atoms with Gasteiger partial charge in [-0.2, -0.15) is 0 Å². The number of rotatable bonds is 4. The SMILES string of the molecule is Cc1nc(CN2CCOC(c3cccc(N(C)C)n3)C2)cs1. The standard InChI is InChI=1S/C16H22N4OS/c1-12-17-13(11-22-12)9-20-7-8-21-15(10-20)14-5-4-6-16(18-14)19(2)3/h4-6,11,15H,7-10H2,1-3H3. The average molecular weight is 318 g/mol. The molecule has 1 aliphatic heterocycles. The zero-order valence-corrected chi connectivity index (χ0v) is 14.1. The highest BCUT2D eigenvalue weighted by molar-refractivity contribution is 7.09. The first-order chi connectivity index (χ1) is 10.6. The van der Waals surface area contributed by atoms with Crippen LogP contribution >= 0.6 is 11.3 Å². The van der Waals surface area contributed by atoms with Gasteiger partial charge in [0.25, 0.3) is 0 Å². The molecule has 0 amide bonds. The van der Waals surface area contributed by atoms with E-state index in [1.165, 1.54) is 0 Å². The van der Waals surface area contributed by atoms with Gasteiger partial charge >= 0.3 is 0 Å². The fourth-order valence-electron chi connectivity index (χ4n) is 2.60. The van der Waals surface area contributed by atoms with Crippen LogP contribution in [0.25, 0.3) is 0 Å². The first-order valence-corrected chi connectivity index (χ1v) is 8.39. The van der Waals surface area contributed by atoms with Gasteiger partial charge in [0.2, 0.25) is 0 Å². The van der Waals surface area contributed by atoms with E-state index in [9.17, 15) is 0 Å². The van der Waals surface area contributed by atoms with E-state index >= 15 is 0 Å². The fourth-order valence-corrected chi connectivity index (χ4v) is 3.21. The minimum absolute atomic E-state index is 0.0355. The molecule has 0 bridgehead atoms. The maximum absolute atomic E-state index is 5.93. The molecule has 1 aliphatic rings. The molecule has 0 radical (unpaired) electrons. The van der Waals surface area contributed by atoms with Gasteiger partial charge in [-0.05, 0) is 19.1 Å². The average Bonchev–Trinajstić information content (AvgIpc) is 2.93. The van der Waals surface area contributed by atoms with E-state index in [1.807, 2.05) is 44.1 Å². The molecule has 6 heteroatoms. The molecule has 3 rings (SSSR count). The van der Waals surface area contributed by atoms with Crippen LogP contribution in [-0.2, 0) is 11.3 Å². The zero-order valence-electron chi connectivity index (χ0n) is 13.3. The third-order valence-electron chi connectivity index (χ3n) is 3.75. The van der Waals surface area contributed by atoms with Gasteiger partial charge in [-0.3, -0.25) is 4.90 Å². The number of hydrogen-bond acceptors (Lipinski definition) is 6. The third-order valence-corrected chi connectivity index (χ3v) is 4.57. The Labute approximate surface area is 135 Å². The van der Waals surface area contributed by atoms with Crippen molar-refractivity contribution in [1.29, 1.82) is 0 Å². The second-order valence-corrected chi connectivity index (χ2v) is 6.83. The predicted molar refractivity (Wildman–Crippen MR) is 89.4 cm³/mol. The number of morpholine rings is 1. The van der Waals surface area contributed by atoms with E-state index in [-0.39, 0.29) is 6.10 Å². The van der Waals surface area contributed by atoms with Gasteiger partial charge < -0.3 is 9.64 Å². The molecule has 22 heavy (non-hydrogen) atoms. The van der Waals surface area contributed by atoms with E-state index in [2.05, 4.69) is 15.3 Å². The summed E-state index contributed by atoms with van der Waals surface area (Å²) in [4.78, 5) is 13.7. The van der Waals surface area contributed by atoms with Crippen molar-refractivity contribution in [3.63, 3.8) is 0 Å². The number of hydrogen-bond donors (Lipinski definition) is 0. The highest BCUT2D eigenvalue weighted by atomic mass is 32.1. The van der Waals surface area contributed by atoms with Crippen LogP contribution in [-0.4, -0.2) is 48.7 Å². The van der Waals surface area contributed by atoms with Crippen molar-refractivity contribution in [2.24, 2.45) is 0 Å². The molecule has 1 saturated heterocycles. The minimum Gasteiger partial charge on any atom is -0.369 e. The molecule has 2 aromatic heterocycles. The highest BCUT2D eigenvalue weighted by Crippen LogP contribution is 2.23. The first kappa shape index (κ1) is 15.4. The summed E-state index contributed by atoms with van der Waals surface area (Å²) >= 11 is 1.71. The number of pyridine rings is 1. The Bertz CT molecular complexity index is 628. The van der Waals surface area contributed by atoms with E-state index in [4.69, 9.17) is 9.72 Å².